The first-order chi connectivity index (χ1) is 9.72. The van der Waals surface area contributed by atoms with Crippen LogP contribution in [0.1, 0.15) is 18.6 Å². The average Bonchev–Trinajstić information content (AvgIpc) is 2.48. The molecule has 2 atom stereocenters. The third-order valence-electron chi connectivity index (χ3n) is 3.47. The molecule has 3 nitrogen and oxygen atoms in total. The molecule has 0 unspecified atom stereocenters. The van der Waals surface area contributed by atoms with Crippen molar-refractivity contribution in [3.05, 3.63) is 60.0 Å². The summed E-state index contributed by atoms with van der Waals surface area (Å²) in [5.74, 6) is 0.483. The van der Waals surface area contributed by atoms with Crippen molar-refractivity contribution in [1.29, 1.82) is 0 Å². The number of aromatic nitrogens is 1. The summed E-state index contributed by atoms with van der Waals surface area (Å²) in [6.45, 7) is 3.54. The van der Waals surface area contributed by atoms with Gasteiger partial charge >= 0.3 is 0 Å². The summed E-state index contributed by atoms with van der Waals surface area (Å²) in [5.41, 5.74) is 1.16. The largest absolute Gasteiger partial charge is 0.367 e. The molecule has 104 valence electrons. The molecule has 0 saturated carbocycles. The van der Waals surface area contributed by atoms with Crippen molar-refractivity contribution in [3.8, 4) is 0 Å². The standard InChI is InChI=1S/C16H17FN2O/c1-12-10-19(16-8-7-14(17)9-18-16)11-15(20-12)13-5-3-2-4-6-13/h2-9,12,15H,10-11H2,1H3/t12-,15-/m0/s1. The molecule has 0 radical (unpaired) electrons. The lowest BCUT2D eigenvalue weighted by atomic mass is 10.1. The van der Waals surface area contributed by atoms with Crippen LogP contribution in [0.5, 0.6) is 0 Å². The SMILES string of the molecule is C[C@H]1CN(c2ccc(F)cn2)C[C@@H](c2ccccc2)O1. The Labute approximate surface area is 118 Å². The van der Waals surface area contributed by atoms with Gasteiger partial charge in [0.1, 0.15) is 17.7 Å². The van der Waals surface area contributed by atoms with Crippen LogP contribution in [-0.2, 0) is 4.74 Å². The third-order valence-corrected chi connectivity index (χ3v) is 3.47. The first-order valence-corrected chi connectivity index (χ1v) is 6.79. The van der Waals surface area contributed by atoms with E-state index in [1.54, 1.807) is 6.07 Å². The van der Waals surface area contributed by atoms with E-state index in [-0.39, 0.29) is 18.0 Å². The number of pyridine rings is 1. The van der Waals surface area contributed by atoms with Gasteiger partial charge in [-0.2, -0.15) is 0 Å². The maximum absolute atomic E-state index is 13.0. The summed E-state index contributed by atoms with van der Waals surface area (Å²) in [4.78, 5) is 6.30. The van der Waals surface area contributed by atoms with Gasteiger partial charge in [0.15, 0.2) is 0 Å². The van der Waals surface area contributed by atoms with Crippen LogP contribution in [0.2, 0.25) is 0 Å². The number of morpholine rings is 1. The topological polar surface area (TPSA) is 25.4 Å². The van der Waals surface area contributed by atoms with Crippen LogP contribution in [-0.4, -0.2) is 24.2 Å². The molecule has 4 heteroatoms. The molecular weight excluding hydrogens is 255 g/mol. The highest BCUT2D eigenvalue weighted by Crippen LogP contribution is 2.27. The summed E-state index contributed by atoms with van der Waals surface area (Å²) in [6, 6.07) is 13.3. The molecule has 0 amide bonds. The number of hydrogen-bond donors (Lipinski definition) is 0. The lowest BCUT2D eigenvalue weighted by molar-refractivity contribution is -0.0176. The van der Waals surface area contributed by atoms with Crippen LogP contribution in [0, 0.1) is 5.82 Å². The second kappa shape index (κ2) is 5.59. The van der Waals surface area contributed by atoms with Gasteiger partial charge in [0.05, 0.1) is 12.3 Å². The zero-order chi connectivity index (χ0) is 13.9. The minimum atomic E-state index is -0.310. The number of hydrogen-bond acceptors (Lipinski definition) is 3. The highest BCUT2D eigenvalue weighted by molar-refractivity contribution is 5.39. The molecule has 1 aliphatic rings. The number of anilines is 1. The van der Waals surface area contributed by atoms with Crippen molar-refractivity contribution < 1.29 is 9.13 Å². The van der Waals surface area contributed by atoms with E-state index in [1.807, 2.05) is 25.1 Å². The summed E-state index contributed by atoms with van der Waals surface area (Å²) < 4.78 is 19.0. The summed E-state index contributed by atoms with van der Waals surface area (Å²) >= 11 is 0. The van der Waals surface area contributed by atoms with Gasteiger partial charge in [0.2, 0.25) is 0 Å². The maximum Gasteiger partial charge on any atom is 0.141 e. The normalized spacial score (nSPS) is 22.8. The van der Waals surface area contributed by atoms with Crippen LogP contribution in [0.25, 0.3) is 0 Å². The number of benzene rings is 1. The Bertz CT molecular complexity index is 558. The Morgan fingerprint density at radius 1 is 1.15 bits per heavy atom. The Morgan fingerprint density at radius 2 is 1.95 bits per heavy atom. The van der Waals surface area contributed by atoms with Crippen LogP contribution >= 0.6 is 0 Å². The number of halogens is 1. The van der Waals surface area contributed by atoms with Crippen molar-refractivity contribution in [1.82, 2.24) is 4.98 Å². The van der Waals surface area contributed by atoms with Gasteiger partial charge in [0, 0.05) is 13.1 Å². The summed E-state index contributed by atoms with van der Waals surface area (Å²) in [6.07, 6.45) is 1.39. The molecule has 1 fully saturated rings. The van der Waals surface area contributed by atoms with E-state index < -0.39 is 0 Å². The first-order valence-electron chi connectivity index (χ1n) is 6.79. The quantitative estimate of drug-likeness (QED) is 0.839. The minimum Gasteiger partial charge on any atom is -0.367 e. The van der Waals surface area contributed by atoms with E-state index in [4.69, 9.17) is 4.74 Å². The molecule has 0 bridgehead atoms. The zero-order valence-corrected chi connectivity index (χ0v) is 11.4. The van der Waals surface area contributed by atoms with E-state index in [1.165, 1.54) is 12.3 Å². The molecule has 3 rings (SSSR count). The van der Waals surface area contributed by atoms with E-state index >= 15 is 0 Å². The van der Waals surface area contributed by atoms with Crippen molar-refractivity contribution in [2.24, 2.45) is 0 Å². The number of nitrogens with zero attached hydrogens (tertiary/aromatic N) is 2. The van der Waals surface area contributed by atoms with Gasteiger partial charge in [0.25, 0.3) is 0 Å². The minimum absolute atomic E-state index is 0.0202. The lowest BCUT2D eigenvalue weighted by Gasteiger charge is -2.37. The van der Waals surface area contributed by atoms with Crippen LogP contribution < -0.4 is 4.90 Å². The highest BCUT2D eigenvalue weighted by Gasteiger charge is 2.27. The Hall–Kier alpha value is -1.94. The average molecular weight is 272 g/mol. The second-order valence-electron chi connectivity index (χ2n) is 5.09. The molecule has 2 heterocycles. The molecule has 0 aliphatic carbocycles. The Morgan fingerprint density at radius 3 is 2.65 bits per heavy atom. The predicted octanol–water partition coefficient (Wildman–Crippen LogP) is 3.19. The lowest BCUT2D eigenvalue weighted by Crippen LogP contribution is -2.43. The predicted molar refractivity (Wildman–Crippen MR) is 76.1 cm³/mol. The van der Waals surface area contributed by atoms with Gasteiger partial charge in [-0.05, 0) is 24.6 Å². The molecule has 1 aliphatic heterocycles. The molecular formula is C16H17FN2O. The van der Waals surface area contributed by atoms with Crippen molar-refractivity contribution in [2.75, 3.05) is 18.0 Å². The smallest absolute Gasteiger partial charge is 0.141 e. The summed E-state index contributed by atoms with van der Waals surface area (Å²) in [7, 11) is 0. The fraction of sp³-hybridized carbons (Fsp3) is 0.312. The van der Waals surface area contributed by atoms with Crippen LogP contribution in [0.15, 0.2) is 48.7 Å². The fourth-order valence-corrected chi connectivity index (χ4v) is 2.55. The molecule has 1 aromatic heterocycles. The fourth-order valence-electron chi connectivity index (χ4n) is 2.55. The summed E-state index contributed by atoms with van der Waals surface area (Å²) in [5, 5.41) is 0. The van der Waals surface area contributed by atoms with Crippen LogP contribution in [0.3, 0.4) is 0 Å². The molecule has 1 saturated heterocycles. The van der Waals surface area contributed by atoms with E-state index in [9.17, 15) is 4.39 Å². The van der Waals surface area contributed by atoms with Gasteiger partial charge in [-0.15, -0.1) is 0 Å². The van der Waals surface area contributed by atoms with E-state index in [0.717, 1.165) is 24.5 Å². The van der Waals surface area contributed by atoms with Gasteiger partial charge in [-0.1, -0.05) is 30.3 Å². The molecule has 20 heavy (non-hydrogen) atoms. The van der Waals surface area contributed by atoms with Gasteiger partial charge in [-0.25, -0.2) is 9.37 Å². The van der Waals surface area contributed by atoms with Gasteiger partial charge in [-0.3, -0.25) is 0 Å². The van der Waals surface area contributed by atoms with Crippen LogP contribution in [0.4, 0.5) is 10.2 Å². The third kappa shape index (κ3) is 2.80. The molecule has 0 N–H and O–H groups in total. The van der Waals surface area contributed by atoms with Gasteiger partial charge < -0.3 is 9.64 Å². The number of rotatable bonds is 2. The Kier molecular flexibility index (Phi) is 3.65. The van der Waals surface area contributed by atoms with Crippen molar-refractivity contribution in [3.63, 3.8) is 0 Å². The highest BCUT2D eigenvalue weighted by atomic mass is 19.1. The number of ether oxygens (including phenoxy) is 1. The molecule has 0 spiro atoms. The second-order valence-corrected chi connectivity index (χ2v) is 5.09. The zero-order valence-electron chi connectivity index (χ0n) is 11.4. The Balaban J connectivity index is 1.81. The first kappa shape index (κ1) is 13.1. The monoisotopic (exact) mass is 272 g/mol. The van der Waals surface area contributed by atoms with E-state index in [2.05, 4.69) is 22.0 Å². The maximum atomic E-state index is 13.0. The van der Waals surface area contributed by atoms with Crippen molar-refractivity contribution in [2.45, 2.75) is 19.1 Å². The molecule has 2 aromatic rings. The van der Waals surface area contributed by atoms with Crippen molar-refractivity contribution >= 4 is 5.82 Å². The van der Waals surface area contributed by atoms with E-state index in [0.29, 0.717) is 0 Å². The molecule has 1 aromatic carbocycles.